The second-order valence-electron chi connectivity index (χ2n) is 10.8. The summed E-state index contributed by atoms with van der Waals surface area (Å²) in [5.41, 5.74) is 1.76. The van der Waals surface area contributed by atoms with Gasteiger partial charge in [0.1, 0.15) is 42.5 Å². The van der Waals surface area contributed by atoms with Gasteiger partial charge in [0, 0.05) is 12.8 Å². The van der Waals surface area contributed by atoms with Gasteiger partial charge in [-0.2, -0.15) is 0 Å². The lowest BCUT2D eigenvalue weighted by Gasteiger charge is -2.37. The van der Waals surface area contributed by atoms with Gasteiger partial charge in [-0.25, -0.2) is 0 Å². The van der Waals surface area contributed by atoms with Crippen molar-refractivity contribution in [1.82, 2.24) is 0 Å². The molecule has 5 rings (SSSR count). The van der Waals surface area contributed by atoms with Crippen LogP contribution >= 0.6 is 0 Å². The van der Waals surface area contributed by atoms with E-state index in [0.717, 1.165) is 28.2 Å². The van der Waals surface area contributed by atoms with Crippen LogP contribution in [0.2, 0.25) is 0 Å². The summed E-state index contributed by atoms with van der Waals surface area (Å²) in [4.78, 5) is 0. The molecular formula is C37H42O10. The van der Waals surface area contributed by atoms with Crippen LogP contribution in [-0.4, -0.2) is 93.0 Å². The minimum absolute atomic E-state index is 0.122. The maximum absolute atomic E-state index is 10.6. The van der Waals surface area contributed by atoms with Crippen molar-refractivity contribution in [3.8, 4) is 36.2 Å². The van der Waals surface area contributed by atoms with Crippen LogP contribution in [0.4, 0.5) is 0 Å². The Balaban J connectivity index is 0.000000351. The fourth-order valence-electron chi connectivity index (χ4n) is 5.47. The summed E-state index contributed by atoms with van der Waals surface area (Å²) in [7, 11) is 3.27. The van der Waals surface area contributed by atoms with E-state index < -0.39 is 42.6 Å². The Morgan fingerprint density at radius 2 is 1.15 bits per heavy atom. The molecule has 10 heteroatoms. The van der Waals surface area contributed by atoms with E-state index in [2.05, 4.69) is 11.8 Å². The number of aliphatic hydroxyl groups excluding tert-OH is 3. The molecule has 2 heterocycles. The molecule has 2 aliphatic rings. The summed E-state index contributed by atoms with van der Waals surface area (Å²) in [6.07, 6.45) is 7.41. The van der Waals surface area contributed by atoms with E-state index in [-0.39, 0.29) is 26.4 Å². The van der Waals surface area contributed by atoms with E-state index in [1.807, 2.05) is 78.9 Å². The van der Waals surface area contributed by atoms with Crippen molar-refractivity contribution in [2.75, 3.05) is 40.6 Å². The fraction of sp³-hybridized carbons (Fsp3) is 0.405. The monoisotopic (exact) mass is 646 g/mol. The lowest BCUT2D eigenvalue weighted by molar-refractivity contribution is -0.150. The molecule has 6 atom stereocenters. The first kappa shape index (κ1) is 35.9. The second-order valence-corrected chi connectivity index (χ2v) is 10.8. The van der Waals surface area contributed by atoms with Gasteiger partial charge in [0.25, 0.3) is 0 Å². The first-order valence-corrected chi connectivity index (χ1v) is 15.2. The van der Waals surface area contributed by atoms with Crippen molar-refractivity contribution >= 4 is 0 Å². The van der Waals surface area contributed by atoms with Crippen LogP contribution in [0.25, 0.3) is 0 Å². The normalized spacial score (nSPS) is 23.6. The summed E-state index contributed by atoms with van der Waals surface area (Å²) < 4.78 is 39.1. The van der Waals surface area contributed by atoms with Crippen LogP contribution in [0.15, 0.2) is 78.9 Å². The van der Waals surface area contributed by atoms with Crippen molar-refractivity contribution in [3.63, 3.8) is 0 Å². The Morgan fingerprint density at radius 1 is 0.702 bits per heavy atom. The first-order chi connectivity index (χ1) is 22.9. The number of benzene rings is 3. The molecule has 250 valence electrons. The summed E-state index contributed by atoms with van der Waals surface area (Å²) in [6, 6.07) is 25.6. The van der Waals surface area contributed by atoms with E-state index in [4.69, 9.17) is 51.1 Å². The average Bonchev–Trinajstić information content (AvgIpc) is 3.67. The molecule has 3 N–H and O–H groups in total. The van der Waals surface area contributed by atoms with Crippen LogP contribution in [0.1, 0.15) is 29.5 Å². The number of rotatable bonds is 13. The van der Waals surface area contributed by atoms with Gasteiger partial charge in [0.15, 0.2) is 12.6 Å². The third-order valence-corrected chi connectivity index (χ3v) is 7.90. The number of methoxy groups -OCH3 is 2. The molecular weight excluding hydrogens is 604 g/mol. The van der Waals surface area contributed by atoms with Gasteiger partial charge in [0.2, 0.25) is 0 Å². The van der Waals surface area contributed by atoms with Crippen molar-refractivity contribution in [3.05, 3.63) is 95.6 Å². The fourth-order valence-corrected chi connectivity index (χ4v) is 5.47. The van der Waals surface area contributed by atoms with Gasteiger partial charge >= 0.3 is 0 Å². The predicted octanol–water partition coefficient (Wildman–Crippen LogP) is 3.24. The zero-order valence-electron chi connectivity index (χ0n) is 26.6. The third kappa shape index (κ3) is 9.11. The topological polar surface area (TPSA) is 125 Å². The summed E-state index contributed by atoms with van der Waals surface area (Å²) >= 11 is 0. The summed E-state index contributed by atoms with van der Waals surface area (Å²) in [5, 5.41) is 28.6. The average molecular weight is 647 g/mol. The largest absolute Gasteiger partial charge is 0.497 e. The van der Waals surface area contributed by atoms with Gasteiger partial charge in [-0.1, -0.05) is 66.4 Å². The quantitative estimate of drug-likeness (QED) is 0.188. The van der Waals surface area contributed by atoms with Crippen LogP contribution < -0.4 is 9.47 Å². The van der Waals surface area contributed by atoms with Crippen LogP contribution in [0, 0.1) is 24.7 Å². The number of hydrogen-bond acceptors (Lipinski definition) is 10. The van der Waals surface area contributed by atoms with Gasteiger partial charge in [-0.05, 0) is 41.0 Å². The minimum atomic E-state index is -0.985. The van der Waals surface area contributed by atoms with E-state index in [1.165, 1.54) is 0 Å². The number of ether oxygens (including phenoxy) is 7. The first-order valence-electron chi connectivity index (χ1n) is 15.2. The number of terminal acetylenes is 2. The highest BCUT2D eigenvalue weighted by atomic mass is 16.7. The van der Waals surface area contributed by atoms with Crippen molar-refractivity contribution in [2.45, 2.75) is 55.4 Å². The highest BCUT2D eigenvalue weighted by Gasteiger charge is 2.42. The second kappa shape index (κ2) is 17.8. The van der Waals surface area contributed by atoms with Crippen LogP contribution in [0.5, 0.6) is 11.5 Å². The van der Waals surface area contributed by atoms with E-state index in [9.17, 15) is 10.2 Å². The maximum atomic E-state index is 10.6. The molecule has 0 radical (unpaired) electrons. The van der Waals surface area contributed by atoms with Crippen molar-refractivity contribution in [2.24, 2.45) is 0 Å². The molecule has 2 aliphatic heterocycles. The number of hydrogen-bond donors (Lipinski definition) is 3. The van der Waals surface area contributed by atoms with Crippen LogP contribution in [-0.2, 0) is 29.3 Å². The Kier molecular flexibility index (Phi) is 13.6. The summed E-state index contributed by atoms with van der Waals surface area (Å²) in [6.45, 7) is 0.216. The molecule has 3 aromatic rings. The highest BCUT2D eigenvalue weighted by molar-refractivity contribution is 5.49. The predicted molar refractivity (Wildman–Crippen MR) is 173 cm³/mol. The zero-order chi connectivity index (χ0) is 33.6. The molecule has 0 spiro atoms. The summed E-state index contributed by atoms with van der Waals surface area (Å²) in [5.74, 6) is 6.21. The molecule has 2 fully saturated rings. The minimum Gasteiger partial charge on any atom is -0.497 e. The molecule has 0 aliphatic carbocycles. The molecule has 0 saturated carbocycles. The van der Waals surface area contributed by atoms with E-state index >= 15 is 0 Å². The zero-order valence-corrected chi connectivity index (χ0v) is 26.6. The Labute approximate surface area is 276 Å². The Morgan fingerprint density at radius 3 is 1.57 bits per heavy atom. The van der Waals surface area contributed by atoms with Crippen molar-refractivity contribution in [1.29, 1.82) is 0 Å². The lowest BCUT2D eigenvalue weighted by Crippen LogP contribution is -2.38. The van der Waals surface area contributed by atoms with Gasteiger partial charge in [-0.3, -0.25) is 0 Å². The number of aliphatic hydroxyl groups is 3. The highest BCUT2D eigenvalue weighted by Crippen LogP contribution is 2.42. The molecule has 0 bridgehead atoms. The molecule has 2 unspecified atom stereocenters. The van der Waals surface area contributed by atoms with Crippen LogP contribution in [0.3, 0.4) is 0 Å². The molecule has 10 nitrogen and oxygen atoms in total. The maximum Gasteiger partial charge on any atom is 0.162 e. The molecule has 3 aromatic carbocycles. The molecule has 0 aromatic heterocycles. The van der Waals surface area contributed by atoms with Gasteiger partial charge in [0.05, 0.1) is 39.6 Å². The Hall–Kier alpha value is -3.94. The third-order valence-electron chi connectivity index (χ3n) is 7.90. The Bertz CT molecular complexity index is 1380. The van der Waals surface area contributed by atoms with Gasteiger partial charge < -0.3 is 48.5 Å². The SMILES string of the molecule is C#CCO[C@H]1CC(O)[C@@H](CO)O1.C#CCO[C@H]1CC(O)[C@@H](COC(c2ccccc2)(c2ccc(OC)cc2)c2ccc(OC)cc2)O1. The molecule has 47 heavy (non-hydrogen) atoms. The van der Waals surface area contributed by atoms with Gasteiger partial charge in [-0.15, -0.1) is 12.8 Å². The standard InChI is InChI=1S/C29H30O6.C8H12O4/c1-4-18-33-28-19-26(30)27(35-28)20-34-29(21-8-6-5-7-9-21,22-10-14-24(31-2)15-11-22)23-12-16-25(32-3)17-13-23;1-2-3-11-8-4-6(10)7(5-9)12-8/h1,5-17,26-28,30H,18-20H2,2-3H3;1,6-10H,3-5H2/t26?,27-,28-;6?,7-,8-/m11/s1. The van der Waals surface area contributed by atoms with Crippen molar-refractivity contribution < 1.29 is 48.5 Å². The van der Waals surface area contributed by atoms with E-state index in [1.54, 1.807) is 14.2 Å². The lowest BCUT2D eigenvalue weighted by atomic mass is 9.80. The molecule has 0 amide bonds. The molecule has 2 saturated heterocycles. The van der Waals surface area contributed by atoms with E-state index in [0.29, 0.717) is 12.8 Å². The smallest absolute Gasteiger partial charge is 0.162 e.